The topological polar surface area (TPSA) is 77.7 Å². The van der Waals surface area contributed by atoms with Crippen LogP contribution in [-0.4, -0.2) is 34.7 Å². The molecule has 7 heteroatoms. The van der Waals surface area contributed by atoms with E-state index in [1.165, 1.54) is 0 Å². The Morgan fingerprint density at radius 3 is 2.76 bits per heavy atom. The predicted octanol–water partition coefficient (Wildman–Crippen LogP) is 4.01. The monoisotopic (exact) mass is 393 g/mol. The Labute approximate surface area is 169 Å². The van der Waals surface area contributed by atoms with Crippen molar-refractivity contribution in [3.8, 4) is 22.9 Å². The molecule has 2 aromatic carbocycles. The minimum atomic E-state index is -0.214. The summed E-state index contributed by atoms with van der Waals surface area (Å²) in [7, 11) is 1.59. The average molecular weight is 393 g/mol. The molecule has 29 heavy (non-hydrogen) atoms. The van der Waals surface area contributed by atoms with Crippen molar-refractivity contribution in [3.05, 3.63) is 60.0 Å². The Bertz CT molecular complexity index is 987. The maximum absolute atomic E-state index is 12.4. The predicted molar refractivity (Wildman–Crippen MR) is 106 cm³/mol. The average Bonchev–Trinajstić information content (AvgIpc) is 3.37. The minimum absolute atomic E-state index is 0.0985. The molecule has 3 aromatic rings. The van der Waals surface area contributed by atoms with Gasteiger partial charge in [-0.25, -0.2) is 0 Å². The summed E-state index contributed by atoms with van der Waals surface area (Å²) in [6, 6.07) is 15.2. The largest absolute Gasteiger partial charge is 0.493 e. The molecule has 0 spiro atoms. The number of benzene rings is 2. The van der Waals surface area contributed by atoms with Crippen molar-refractivity contribution in [3.63, 3.8) is 0 Å². The van der Waals surface area contributed by atoms with E-state index >= 15 is 0 Å². The Kier molecular flexibility index (Phi) is 5.46. The molecule has 7 nitrogen and oxygen atoms in total. The fourth-order valence-electron chi connectivity index (χ4n) is 3.54. The van der Waals surface area contributed by atoms with Crippen molar-refractivity contribution in [1.29, 1.82) is 0 Å². The van der Waals surface area contributed by atoms with Crippen LogP contribution in [0, 0.1) is 0 Å². The summed E-state index contributed by atoms with van der Waals surface area (Å²) in [5.41, 5.74) is 1.84. The van der Waals surface area contributed by atoms with Gasteiger partial charge < -0.3 is 18.9 Å². The van der Waals surface area contributed by atoms with Crippen molar-refractivity contribution >= 4 is 5.91 Å². The third-order valence-electron chi connectivity index (χ3n) is 4.97. The van der Waals surface area contributed by atoms with E-state index in [4.69, 9.17) is 14.0 Å². The number of hydrogen-bond acceptors (Lipinski definition) is 6. The molecule has 0 bridgehead atoms. The summed E-state index contributed by atoms with van der Waals surface area (Å²) in [5.74, 6) is 2.28. The van der Waals surface area contributed by atoms with Crippen LogP contribution in [0.3, 0.4) is 0 Å². The highest BCUT2D eigenvalue weighted by molar-refractivity contribution is 5.78. The molecule has 150 valence electrons. The van der Waals surface area contributed by atoms with Crippen molar-refractivity contribution in [2.24, 2.45) is 0 Å². The van der Waals surface area contributed by atoms with Gasteiger partial charge in [-0.3, -0.25) is 4.79 Å². The molecule has 2 heterocycles. The lowest BCUT2D eigenvalue weighted by atomic mass is 10.1. The molecule has 4 rings (SSSR count). The standard InChI is InChI=1S/C22H23N3O4/c1-3-28-18-11-9-16(13-19(18)27-2)21-23-22(29-24-21)17-10-12-20(26)25(17)14-15-7-5-4-6-8-15/h4-9,11,13,17H,3,10,12,14H2,1-2H3. The van der Waals surface area contributed by atoms with Gasteiger partial charge in [0.05, 0.1) is 13.7 Å². The van der Waals surface area contributed by atoms with Crippen LogP contribution in [0.4, 0.5) is 0 Å². The lowest BCUT2D eigenvalue weighted by Gasteiger charge is -2.22. The number of rotatable bonds is 7. The van der Waals surface area contributed by atoms with Crippen molar-refractivity contribution in [2.75, 3.05) is 13.7 Å². The van der Waals surface area contributed by atoms with Gasteiger partial charge in [0, 0.05) is 18.5 Å². The first-order valence-electron chi connectivity index (χ1n) is 9.67. The minimum Gasteiger partial charge on any atom is -0.493 e. The fourth-order valence-corrected chi connectivity index (χ4v) is 3.54. The fraction of sp³-hybridized carbons (Fsp3) is 0.318. The van der Waals surface area contributed by atoms with Gasteiger partial charge in [0.15, 0.2) is 11.5 Å². The summed E-state index contributed by atoms with van der Waals surface area (Å²) in [4.78, 5) is 18.8. The van der Waals surface area contributed by atoms with Gasteiger partial charge in [0.2, 0.25) is 17.6 Å². The first-order chi connectivity index (χ1) is 14.2. The second-order valence-corrected chi connectivity index (χ2v) is 6.82. The van der Waals surface area contributed by atoms with Crippen LogP contribution in [0.15, 0.2) is 53.1 Å². The number of methoxy groups -OCH3 is 1. The summed E-state index contributed by atoms with van der Waals surface area (Å²) in [6.07, 6.45) is 1.14. The summed E-state index contributed by atoms with van der Waals surface area (Å²) in [6.45, 7) is 3.00. The SMILES string of the molecule is CCOc1ccc(-c2noc(C3CCC(=O)N3Cc3ccccc3)n2)cc1OC. The smallest absolute Gasteiger partial charge is 0.249 e. The van der Waals surface area contributed by atoms with Gasteiger partial charge >= 0.3 is 0 Å². The first kappa shape index (κ1) is 19.0. The Balaban J connectivity index is 1.57. The highest BCUT2D eigenvalue weighted by Crippen LogP contribution is 2.35. The van der Waals surface area contributed by atoms with E-state index in [9.17, 15) is 4.79 Å². The van der Waals surface area contributed by atoms with E-state index in [0.717, 1.165) is 11.1 Å². The Morgan fingerprint density at radius 1 is 1.17 bits per heavy atom. The van der Waals surface area contributed by atoms with Gasteiger partial charge in [-0.05, 0) is 37.1 Å². The highest BCUT2D eigenvalue weighted by atomic mass is 16.5. The molecule has 1 amide bonds. The van der Waals surface area contributed by atoms with Gasteiger partial charge in [-0.15, -0.1) is 0 Å². The third-order valence-corrected chi connectivity index (χ3v) is 4.97. The molecule has 1 aliphatic rings. The molecule has 1 saturated heterocycles. The highest BCUT2D eigenvalue weighted by Gasteiger charge is 2.36. The van der Waals surface area contributed by atoms with E-state index in [-0.39, 0.29) is 11.9 Å². The summed E-state index contributed by atoms with van der Waals surface area (Å²) >= 11 is 0. The van der Waals surface area contributed by atoms with Crippen molar-refractivity contribution < 1.29 is 18.8 Å². The van der Waals surface area contributed by atoms with Crippen LogP contribution in [0.2, 0.25) is 0 Å². The van der Waals surface area contributed by atoms with E-state index < -0.39 is 0 Å². The zero-order valence-corrected chi connectivity index (χ0v) is 16.5. The van der Waals surface area contributed by atoms with Gasteiger partial charge in [-0.1, -0.05) is 35.5 Å². The molecule has 1 aliphatic heterocycles. The normalized spacial score (nSPS) is 16.3. The molecule has 0 aliphatic carbocycles. The van der Waals surface area contributed by atoms with E-state index in [2.05, 4.69) is 10.1 Å². The van der Waals surface area contributed by atoms with E-state index in [0.29, 0.717) is 49.2 Å². The van der Waals surface area contributed by atoms with Crippen LogP contribution < -0.4 is 9.47 Å². The summed E-state index contributed by atoms with van der Waals surface area (Å²) < 4.78 is 16.5. The number of likely N-dealkylation sites (tertiary alicyclic amines) is 1. The Morgan fingerprint density at radius 2 is 2.00 bits per heavy atom. The van der Waals surface area contributed by atoms with Crippen molar-refractivity contribution in [2.45, 2.75) is 32.4 Å². The van der Waals surface area contributed by atoms with Crippen molar-refractivity contribution in [1.82, 2.24) is 15.0 Å². The molecule has 0 N–H and O–H groups in total. The molecule has 0 radical (unpaired) electrons. The number of amides is 1. The van der Waals surface area contributed by atoms with Gasteiger partial charge in [-0.2, -0.15) is 4.98 Å². The summed E-state index contributed by atoms with van der Waals surface area (Å²) in [5, 5.41) is 4.13. The molecule has 1 aromatic heterocycles. The molecular weight excluding hydrogens is 370 g/mol. The molecule has 1 atom stereocenters. The lowest BCUT2D eigenvalue weighted by Crippen LogP contribution is -2.27. The molecular formula is C22H23N3O4. The maximum atomic E-state index is 12.4. The molecule has 1 fully saturated rings. The second kappa shape index (κ2) is 8.34. The number of aromatic nitrogens is 2. The van der Waals surface area contributed by atoms with Gasteiger partial charge in [0.1, 0.15) is 6.04 Å². The van der Waals surface area contributed by atoms with E-state index in [1.807, 2.05) is 60.4 Å². The molecule has 0 saturated carbocycles. The quantitative estimate of drug-likeness (QED) is 0.604. The van der Waals surface area contributed by atoms with Crippen LogP contribution in [0.5, 0.6) is 11.5 Å². The number of ether oxygens (including phenoxy) is 2. The number of nitrogens with zero attached hydrogens (tertiary/aromatic N) is 3. The second-order valence-electron chi connectivity index (χ2n) is 6.82. The zero-order chi connectivity index (χ0) is 20.2. The zero-order valence-electron chi connectivity index (χ0n) is 16.5. The van der Waals surface area contributed by atoms with Crippen LogP contribution in [0.1, 0.15) is 37.3 Å². The van der Waals surface area contributed by atoms with E-state index in [1.54, 1.807) is 7.11 Å². The first-order valence-corrected chi connectivity index (χ1v) is 9.67. The molecule has 1 unspecified atom stereocenters. The lowest BCUT2D eigenvalue weighted by molar-refractivity contribution is -0.129. The number of carbonyl (C=O) groups excluding carboxylic acids is 1. The number of hydrogen-bond donors (Lipinski definition) is 0. The van der Waals surface area contributed by atoms with Gasteiger partial charge in [0.25, 0.3) is 0 Å². The third kappa shape index (κ3) is 3.94. The number of carbonyl (C=O) groups is 1. The van der Waals surface area contributed by atoms with Crippen LogP contribution in [0.25, 0.3) is 11.4 Å². The van der Waals surface area contributed by atoms with Crippen LogP contribution in [-0.2, 0) is 11.3 Å². The van der Waals surface area contributed by atoms with Crippen LogP contribution >= 0.6 is 0 Å². The maximum Gasteiger partial charge on any atom is 0.249 e. The Hall–Kier alpha value is -3.35.